The number of urea groups is 1. The van der Waals surface area contributed by atoms with Gasteiger partial charge in [0, 0.05) is 42.1 Å². The fourth-order valence-corrected chi connectivity index (χ4v) is 9.47. The van der Waals surface area contributed by atoms with Crippen LogP contribution in [0.2, 0.25) is 0 Å². The van der Waals surface area contributed by atoms with Crippen LogP contribution in [-0.4, -0.2) is 51.8 Å². The van der Waals surface area contributed by atoms with E-state index in [2.05, 4.69) is 63.7 Å². The van der Waals surface area contributed by atoms with Crippen LogP contribution >= 0.6 is 63.7 Å². The molecule has 1 aliphatic heterocycles. The first kappa shape index (κ1) is 31.3. The van der Waals surface area contributed by atoms with Gasteiger partial charge in [-0.15, -0.1) is 0 Å². The van der Waals surface area contributed by atoms with Gasteiger partial charge < -0.3 is 11.5 Å². The van der Waals surface area contributed by atoms with Crippen LogP contribution in [0.5, 0.6) is 0 Å². The fraction of sp³-hybridized carbons (Fsp3) is 0.500. The highest BCUT2D eigenvalue weighted by Crippen LogP contribution is 2.43. The van der Waals surface area contributed by atoms with Crippen LogP contribution in [-0.2, 0) is 22.4 Å². The van der Waals surface area contributed by atoms with E-state index in [4.69, 9.17) is 11.5 Å². The van der Waals surface area contributed by atoms with Gasteiger partial charge in [-0.25, -0.2) is 4.79 Å². The van der Waals surface area contributed by atoms with Crippen LogP contribution in [0.25, 0.3) is 0 Å². The maximum absolute atomic E-state index is 14.8. The summed E-state index contributed by atoms with van der Waals surface area (Å²) in [5.74, 6) is -0.826. The van der Waals surface area contributed by atoms with Gasteiger partial charge in [-0.1, -0.05) is 63.7 Å². The largest absolute Gasteiger partial charge is 0.333 e. The van der Waals surface area contributed by atoms with Crippen molar-refractivity contribution in [3.63, 3.8) is 0 Å². The number of rotatable bonds is 6. The molecule has 2 aliphatic carbocycles. The molecule has 0 atom stereocenters. The van der Waals surface area contributed by atoms with E-state index in [-0.39, 0.29) is 37.0 Å². The van der Waals surface area contributed by atoms with Crippen molar-refractivity contribution in [3.8, 4) is 0 Å². The molecule has 1 heterocycles. The van der Waals surface area contributed by atoms with Gasteiger partial charge in [-0.2, -0.15) is 0 Å². The Morgan fingerprint density at radius 1 is 0.585 bits per heavy atom. The molecule has 0 unspecified atom stereocenters. The summed E-state index contributed by atoms with van der Waals surface area (Å²) in [7, 11) is 0. The lowest BCUT2D eigenvalue weighted by Gasteiger charge is -2.50. The van der Waals surface area contributed by atoms with Gasteiger partial charge in [0.2, 0.25) is 11.8 Å². The number of carbonyl (C=O) groups excluding carboxylic acids is 3. The Bertz CT molecular complexity index is 1200. The van der Waals surface area contributed by atoms with Gasteiger partial charge in [0.15, 0.2) is 0 Å². The summed E-state index contributed by atoms with van der Waals surface area (Å²) in [5.41, 5.74) is 12.6. The number of barbiturate groups is 1. The Kier molecular flexibility index (Phi) is 9.82. The van der Waals surface area contributed by atoms with Crippen molar-refractivity contribution in [2.24, 2.45) is 16.9 Å². The summed E-state index contributed by atoms with van der Waals surface area (Å²) in [6.07, 6.45) is 5.80. The van der Waals surface area contributed by atoms with Gasteiger partial charge in [-0.3, -0.25) is 19.4 Å². The van der Waals surface area contributed by atoms with Gasteiger partial charge in [0.05, 0.1) is 0 Å². The number of hydrogen-bond acceptors (Lipinski definition) is 5. The van der Waals surface area contributed by atoms with Crippen molar-refractivity contribution in [1.82, 2.24) is 9.80 Å². The lowest BCUT2D eigenvalue weighted by Crippen LogP contribution is -2.70. The third kappa shape index (κ3) is 6.70. The third-order valence-corrected chi connectivity index (χ3v) is 10.6. The molecule has 2 saturated carbocycles. The number of benzene rings is 2. The summed E-state index contributed by atoms with van der Waals surface area (Å²) in [5, 5.41) is 0. The first-order valence-corrected chi connectivity index (χ1v) is 17.3. The highest BCUT2D eigenvalue weighted by Gasteiger charge is 2.60. The average Bonchev–Trinajstić information content (AvgIpc) is 2.89. The second kappa shape index (κ2) is 12.9. The summed E-state index contributed by atoms with van der Waals surface area (Å²) in [6.45, 7) is 0. The number of halogens is 4. The molecule has 4 amide bonds. The highest BCUT2D eigenvalue weighted by atomic mass is 79.9. The molecule has 0 radical (unpaired) electrons. The lowest BCUT2D eigenvalue weighted by atomic mass is 9.71. The van der Waals surface area contributed by atoms with Gasteiger partial charge in [0.25, 0.3) is 0 Å². The van der Waals surface area contributed by atoms with E-state index in [0.717, 1.165) is 54.7 Å². The standard InChI is InChI=1S/C30H34Br4N4O3/c31-19-9-17(10-20(32)13-19)15-30(16-18-11-21(33)14-22(34)12-18)27(39)37(25-5-1-23(35)2-6-25)29(41)38(28(30)40)26-7-3-24(36)4-8-26/h9-14,23-26H,1-8,15-16,35-36H2. The Balaban J connectivity index is 1.66. The maximum atomic E-state index is 14.8. The van der Waals surface area contributed by atoms with Gasteiger partial charge in [0.1, 0.15) is 5.41 Å². The SMILES string of the molecule is NC1CCC(N2C(=O)N(C3CCC(N)CC3)C(=O)C(Cc3cc(Br)cc(Br)c3)(Cc3cc(Br)cc(Br)c3)C2=O)CC1. The van der Waals surface area contributed by atoms with Crippen molar-refractivity contribution in [2.45, 2.75) is 88.4 Å². The summed E-state index contributed by atoms with van der Waals surface area (Å²) in [4.78, 5) is 46.8. The van der Waals surface area contributed by atoms with E-state index < -0.39 is 23.3 Å². The molecule has 2 aromatic carbocycles. The van der Waals surface area contributed by atoms with Crippen LogP contribution < -0.4 is 11.5 Å². The fourth-order valence-electron chi connectivity index (χ4n) is 6.69. The minimum atomic E-state index is -1.51. The molecule has 0 spiro atoms. The first-order valence-electron chi connectivity index (χ1n) is 14.1. The minimum Gasteiger partial charge on any atom is -0.328 e. The van der Waals surface area contributed by atoms with Crippen LogP contribution in [0.3, 0.4) is 0 Å². The summed E-state index contributed by atoms with van der Waals surface area (Å²) < 4.78 is 3.35. The normalized spacial score (nSPS) is 26.9. The smallest absolute Gasteiger partial charge is 0.328 e. The van der Waals surface area contributed by atoms with E-state index in [1.54, 1.807) is 0 Å². The molecule has 11 heteroatoms. The molecule has 7 nitrogen and oxygen atoms in total. The number of nitrogens with zero attached hydrogens (tertiary/aromatic N) is 2. The number of hydrogen-bond donors (Lipinski definition) is 2. The number of carbonyl (C=O) groups is 3. The molecule has 2 aromatic rings. The third-order valence-electron chi connectivity index (χ3n) is 8.74. The van der Waals surface area contributed by atoms with E-state index in [1.165, 1.54) is 9.80 Å². The molecule has 220 valence electrons. The average molecular weight is 818 g/mol. The zero-order valence-electron chi connectivity index (χ0n) is 22.6. The molecule has 4 N–H and O–H groups in total. The summed E-state index contributed by atoms with van der Waals surface area (Å²) in [6, 6.07) is 10.6. The molecular weight excluding hydrogens is 784 g/mol. The van der Waals surface area contributed by atoms with Crippen LogP contribution in [0.4, 0.5) is 4.79 Å². The molecule has 5 rings (SSSR count). The van der Waals surface area contributed by atoms with E-state index in [0.29, 0.717) is 25.7 Å². The molecule has 3 aliphatic rings. The minimum absolute atomic E-state index is 0.0570. The Labute approximate surface area is 274 Å². The second-order valence-corrected chi connectivity index (χ2v) is 15.4. The van der Waals surface area contributed by atoms with Crippen molar-refractivity contribution in [3.05, 3.63) is 65.4 Å². The molecule has 1 saturated heterocycles. The molecule has 3 fully saturated rings. The molecule has 0 aromatic heterocycles. The molecule has 41 heavy (non-hydrogen) atoms. The quantitative estimate of drug-likeness (QED) is 0.311. The molecule has 0 bridgehead atoms. The second-order valence-electron chi connectivity index (χ2n) is 11.8. The highest BCUT2D eigenvalue weighted by molar-refractivity contribution is 9.11. The summed E-state index contributed by atoms with van der Waals surface area (Å²) >= 11 is 14.3. The predicted molar refractivity (Wildman–Crippen MR) is 173 cm³/mol. The molecular formula is C30H34Br4N4O3. The maximum Gasteiger partial charge on any atom is 0.333 e. The zero-order chi connectivity index (χ0) is 29.5. The lowest BCUT2D eigenvalue weighted by molar-refractivity contribution is -0.163. The van der Waals surface area contributed by atoms with Crippen LogP contribution in [0.1, 0.15) is 62.5 Å². The van der Waals surface area contributed by atoms with Crippen molar-refractivity contribution in [2.75, 3.05) is 0 Å². The van der Waals surface area contributed by atoms with E-state index in [1.807, 2.05) is 36.4 Å². The Morgan fingerprint density at radius 3 is 1.22 bits per heavy atom. The van der Waals surface area contributed by atoms with E-state index >= 15 is 0 Å². The zero-order valence-corrected chi connectivity index (χ0v) is 29.0. The van der Waals surface area contributed by atoms with Crippen molar-refractivity contribution < 1.29 is 14.4 Å². The monoisotopic (exact) mass is 814 g/mol. The van der Waals surface area contributed by atoms with Gasteiger partial charge >= 0.3 is 6.03 Å². The van der Waals surface area contributed by atoms with Crippen molar-refractivity contribution >= 4 is 81.6 Å². The number of imide groups is 2. The topological polar surface area (TPSA) is 110 Å². The van der Waals surface area contributed by atoms with Crippen LogP contribution in [0, 0.1) is 5.41 Å². The Hall–Kier alpha value is -1.11. The number of amides is 4. The Morgan fingerprint density at radius 2 is 0.902 bits per heavy atom. The van der Waals surface area contributed by atoms with E-state index in [9.17, 15) is 14.4 Å². The first-order chi connectivity index (χ1) is 19.5. The number of nitrogens with two attached hydrogens (primary N) is 2. The van der Waals surface area contributed by atoms with Gasteiger partial charge in [-0.05, 0) is 112 Å². The van der Waals surface area contributed by atoms with Crippen molar-refractivity contribution in [1.29, 1.82) is 0 Å². The van der Waals surface area contributed by atoms with Crippen LogP contribution in [0.15, 0.2) is 54.3 Å². The predicted octanol–water partition coefficient (Wildman–Crippen LogP) is 6.84.